The summed E-state index contributed by atoms with van der Waals surface area (Å²) in [6.07, 6.45) is 2.14. The minimum atomic E-state index is 0.139. The Morgan fingerprint density at radius 1 is 1.55 bits per heavy atom. The van der Waals surface area contributed by atoms with Gasteiger partial charge in [0.2, 0.25) is 0 Å². The monoisotopic (exact) mass is 274 g/mol. The van der Waals surface area contributed by atoms with Crippen LogP contribution in [0.25, 0.3) is 11.0 Å². The van der Waals surface area contributed by atoms with Crippen LogP contribution in [0.3, 0.4) is 0 Å². The van der Waals surface area contributed by atoms with Crippen LogP contribution in [-0.2, 0) is 13.6 Å². The van der Waals surface area contributed by atoms with Gasteiger partial charge in [-0.3, -0.25) is 9.58 Å². The van der Waals surface area contributed by atoms with E-state index in [-0.39, 0.29) is 6.04 Å². The van der Waals surface area contributed by atoms with E-state index >= 15 is 0 Å². The molecule has 0 fully saturated rings. The van der Waals surface area contributed by atoms with Crippen molar-refractivity contribution in [3.05, 3.63) is 12.0 Å². The molecule has 0 bridgehead atoms. The first-order valence-corrected chi connectivity index (χ1v) is 6.29. The highest BCUT2D eigenvalue weighted by atomic mass is 15.3. The number of nitrogens with one attached hydrogen (secondary N) is 1. The SMILES string of the molecule is CC(CC#N)N(C)Cc1nc(NN)c2cnn(C)c2n1. The molecule has 2 aromatic rings. The highest BCUT2D eigenvalue weighted by Gasteiger charge is 2.14. The number of hydrazine groups is 1. The third-order valence-corrected chi connectivity index (χ3v) is 3.31. The van der Waals surface area contributed by atoms with Crippen LogP contribution in [0.2, 0.25) is 0 Å². The molecule has 0 amide bonds. The zero-order chi connectivity index (χ0) is 14.7. The zero-order valence-corrected chi connectivity index (χ0v) is 11.8. The van der Waals surface area contributed by atoms with Crippen molar-refractivity contribution in [1.82, 2.24) is 24.6 Å². The van der Waals surface area contributed by atoms with Gasteiger partial charge in [0.25, 0.3) is 0 Å². The van der Waals surface area contributed by atoms with E-state index in [9.17, 15) is 0 Å². The summed E-state index contributed by atoms with van der Waals surface area (Å²) in [6, 6.07) is 2.30. The van der Waals surface area contributed by atoms with Gasteiger partial charge in [0.1, 0.15) is 5.82 Å². The first-order chi connectivity index (χ1) is 9.56. The van der Waals surface area contributed by atoms with Crippen LogP contribution in [0, 0.1) is 11.3 Å². The lowest BCUT2D eigenvalue weighted by molar-refractivity contribution is 0.246. The summed E-state index contributed by atoms with van der Waals surface area (Å²) in [6.45, 7) is 2.53. The minimum absolute atomic E-state index is 0.139. The van der Waals surface area contributed by atoms with Crippen LogP contribution < -0.4 is 11.3 Å². The molecule has 0 spiro atoms. The number of nitrogen functional groups attached to an aromatic ring is 1. The fraction of sp³-hybridized carbons (Fsp3) is 0.500. The molecule has 20 heavy (non-hydrogen) atoms. The number of nitrogens with two attached hydrogens (primary N) is 1. The normalized spacial score (nSPS) is 12.6. The van der Waals surface area contributed by atoms with Gasteiger partial charge in [-0.05, 0) is 14.0 Å². The van der Waals surface area contributed by atoms with Gasteiger partial charge in [0, 0.05) is 13.1 Å². The molecule has 0 radical (unpaired) electrons. The Morgan fingerprint density at radius 3 is 2.95 bits per heavy atom. The molecule has 2 aromatic heterocycles. The van der Waals surface area contributed by atoms with Crippen LogP contribution in [0.1, 0.15) is 19.2 Å². The van der Waals surface area contributed by atoms with Gasteiger partial charge in [-0.15, -0.1) is 0 Å². The van der Waals surface area contributed by atoms with Gasteiger partial charge in [0.05, 0.1) is 30.6 Å². The Bertz CT molecular complexity index is 641. The summed E-state index contributed by atoms with van der Waals surface area (Å²) in [5, 5.41) is 13.7. The molecular weight excluding hydrogens is 256 g/mol. The molecule has 8 heteroatoms. The van der Waals surface area contributed by atoms with Gasteiger partial charge in [0.15, 0.2) is 11.5 Å². The summed E-state index contributed by atoms with van der Waals surface area (Å²) >= 11 is 0. The lowest BCUT2D eigenvalue weighted by Gasteiger charge is -2.21. The Labute approximate surface area is 117 Å². The van der Waals surface area contributed by atoms with Crippen LogP contribution >= 0.6 is 0 Å². The topological polar surface area (TPSA) is 109 Å². The standard InChI is InChI=1S/C12H18N8/c1-8(4-5-13)19(2)7-10-16-11(18-14)9-6-15-20(3)12(9)17-10/h6,8H,4,7,14H2,1-3H3,(H,16,17,18). The number of hydrogen-bond acceptors (Lipinski definition) is 7. The van der Waals surface area contributed by atoms with Gasteiger partial charge in [-0.25, -0.2) is 15.8 Å². The van der Waals surface area contributed by atoms with E-state index in [4.69, 9.17) is 11.1 Å². The van der Waals surface area contributed by atoms with Crippen LogP contribution in [0.4, 0.5) is 5.82 Å². The van der Waals surface area contributed by atoms with E-state index in [1.54, 1.807) is 10.9 Å². The fourth-order valence-corrected chi connectivity index (χ4v) is 1.91. The molecule has 1 atom stereocenters. The molecule has 2 heterocycles. The maximum Gasteiger partial charge on any atom is 0.163 e. The number of hydrogen-bond donors (Lipinski definition) is 2. The third kappa shape index (κ3) is 2.68. The molecule has 106 valence electrons. The average Bonchev–Trinajstić information content (AvgIpc) is 2.80. The number of aromatic nitrogens is 4. The number of fused-ring (bicyclic) bond motifs is 1. The largest absolute Gasteiger partial charge is 0.308 e. The average molecular weight is 274 g/mol. The summed E-state index contributed by atoms with van der Waals surface area (Å²) in [7, 11) is 3.76. The highest BCUT2D eigenvalue weighted by Crippen LogP contribution is 2.19. The van der Waals surface area contributed by atoms with E-state index in [1.807, 2.05) is 25.9 Å². The van der Waals surface area contributed by atoms with E-state index in [2.05, 4.69) is 26.6 Å². The predicted molar refractivity (Wildman–Crippen MR) is 75.3 cm³/mol. The highest BCUT2D eigenvalue weighted by molar-refractivity contribution is 5.86. The lowest BCUT2D eigenvalue weighted by Crippen LogP contribution is -2.29. The van der Waals surface area contributed by atoms with Crippen LogP contribution in [0.5, 0.6) is 0 Å². The molecule has 0 saturated heterocycles. The number of rotatable bonds is 5. The third-order valence-electron chi connectivity index (χ3n) is 3.31. The van der Waals surface area contributed by atoms with E-state index in [1.165, 1.54) is 0 Å². The summed E-state index contributed by atoms with van der Waals surface area (Å²) in [5.74, 6) is 6.69. The second kappa shape index (κ2) is 5.81. The molecule has 0 aromatic carbocycles. The van der Waals surface area contributed by atoms with Crippen molar-refractivity contribution in [2.45, 2.75) is 25.9 Å². The molecule has 0 aliphatic heterocycles. The summed E-state index contributed by atoms with van der Waals surface area (Å²) in [5.41, 5.74) is 3.30. The van der Waals surface area contributed by atoms with E-state index < -0.39 is 0 Å². The fourth-order valence-electron chi connectivity index (χ4n) is 1.91. The van der Waals surface area contributed by atoms with Crippen molar-refractivity contribution < 1.29 is 0 Å². The number of nitrogens with zero attached hydrogens (tertiary/aromatic N) is 6. The quantitative estimate of drug-likeness (QED) is 0.599. The smallest absolute Gasteiger partial charge is 0.163 e. The van der Waals surface area contributed by atoms with Gasteiger partial charge < -0.3 is 5.43 Å². The van der Waals surface area contributed by atoms with Crippen molar-refractivity contribution in [3.63, 3.8) is 0 Å². The maximum absolute atomic E-state index is 8.74. The number of nitriles is 1. The Morgan fingerprint density at radius 2 is 2.30 bits per heavy atom. The van der Waals surface area contributed by atoms with Crippen molar-refractivity contribution in [2.75, 3.05) is 12.5 Å². The molecule has 3 N–H and O–H groups in total. The van der Waals surface area contributed by atoms with E-state index in [0.717, 1.165) is 11.0 Å². The van der Waals surface area contributed by atoms with E-state index in [0.29, 0.717) is 24.6 Å². The molecule has 2 rings (SSSR count). The Kier molecular flexibility index (Phi) is 4.12. The summed E-state index contributed by atoms with van der Waals surface area (Å²) < 4.78 is 1.68. The Hall–Kier alpha value is -2.24. The molecule has 1 unspecified atom stereocenters. The first kappa shape index (κ1) is 14.2. The molecule has 0 aliphatic carbocycles. The van der Waals surface area contributed by atoms with Gasteiger partial charge in [-0.1, -0.05) is 0 Å². The first-order valence-electron chi connectivity index (χ1n) is 6.29. The second-order valence-corrected chi connectivity index (χ2v) is 4.76. The lowest BCUT2D eigenvalue weighted by atomic mass is 10.2. The van der Waals surface area contributed by atoms with Gasteiger partial charge in [-0.2, -0.15) is 10.4 Å². The molecule has 8 nitrogen and oxygen atoms in total. The molecular formula is C12H18N8. The maximum atomic E-state index is 8.74. The Balaban J connectivity index is 2.31. The van der Waals surface area contributed by atoms with Crippen molar-refractivity contribution in [1.29, 1.82) is 5.26 Å². The zero-order valence-electron chi connectivity index (χ0n) is 11.8. The van der Waals surface area contributed by atoms with Gasteiger partial charge >= 0.3 is 0 Å². The van der Waals surface area contributed by atoms with Crippen LogP contribution in [0.15, 0.2) is 6.20 Å². The molecule has 0 aliphatic rings. The molecule has 0 saturated carbocycles. The predicted octanol–water partition coefficient (Wildman–Crippen LogP) is 0.383. The van der Waals surface area contributed by atoms with Crippen molar-refractivity contribution in [3.8, 4) is 6.07 Å². The number of anilines is 1. The van der Waals surface area contributed by atoms with Crippen LogP contribution in [-0.4, -0.2) is 37.7 Å². The van der Waals surface area contributed by atoms with Crippen molar-refractivity contribution in [2.24, 2.45) is 12.9 Å². The van der Waals surface area contributed by atoms with Crippen molar-refractivity contribution >= 4 is 16.9 Å². The second-order valence-electron chi connectivity index (χ2n) is 4.76. The minimum Gasteiger partial charge on any atom is -0.308 e. The number of aryl methyl sites for hydroxylation is 1. The summed E-state index contributed by atoms with van der Waals surface area (Å²) in [4.78, 5) is 10.9.